The fraction of sp³-hybridized carbons (Fsp3) is 0.600. The molecule has 114 valence electrons. The van der Waals surface area contributed by atoms with Gasteiger partial charge in [0.1, 0.15) is 10.6 Å². The molecule has 2 aromatic heterocycles. The van der Waals surface area contributed by atoms with Crippen molar-refractivity contribution in [3.63, 3.8) is 0 Å². The lowest BCUT2D eigenvalue weighted by molar-refractivity contribution is 0.337. The fourth-order valence-corrected chi connectivity index (χ4v) is 4.19. The third-order valence-corrected chi connectivity index (χ3v) is 5.41. The van der Waals surface area contributed by atoms with Crippen LogP contribution >= 0.6 is 22.9 Å². The molecular formula is C15H21ClN4S. The smallest absolute Gasteiger partial charge is 0.225 e. The van der Waals surface area contributed by atoms with Crippen molar-refractivity contribution in [2.24, 2.45) is 0 Å². The van der Waals surface area contributed by atoms with Crippen molar-refractivity contribution >= 4 is 39.0 Å². The monoisotopic (exact) mass is 324 g/mol. The van der Waals surface area contributed by atoms with Crippen LogP contribution in [-0.2, 0) is 6.42 Å². The van der Waals surface area contributed by atoms with Crippen LogP contribution in [0, 0.1) is 0 Å². The van der Waals surface area contributed by atoms with E-state index < -0.39 is 0 Å². The minimum atomic E-state index is 0.354. The van der Waals surface area contributed by atoms with E-state index in [9.17, 15) is 0 Å². The van der Waals surface area contributed by atoms with Gasteiger partial charge < -0.3 is 9.80 Å². The summed E-state index contributed by atoms with van der Waals surface area (Å²) in [6, 6.07) is 2.66. The fourth-order valence-electron chi connectivity index (χ4n) is 3.01. The van der Waals surface area contributed by atoms with Crippen LogP contribution in [0.4, 0.5) is 5.82 Å². The van der Waals surface area contributed by atoms with Gasteiger partial charge in [-0.1, -0.05) is 6.92 Å². The summed E-state index contributed by atoms with van der Waals surface area (Å²) in [5.41, 5.74) is 0. The van der Waals surface area contributed by atoms with E-state index in [4.69, 9.17) is 11.6 Å². The van der Waals surface area contributed by atoms with E-state index in [-0.39, 0.29) is 0 Å². The number of aryl methyl sites for hydroxylation is 1. The Labute approximate surface area is 134 Å². The number of thiophene rings is 1. The molecule has 1 aliphatic rings. The Morgan fingerprint density at radius 2 is 2.19 bits per heavy atom. The van der Waals surface area contributed by atoms with Crippen LogP contribution < -0.4 is 4.90 Å². The third kappa shape index (κ3) is 3.00. The second-order valence-electron chi connectivity index (χ2n) is 5.76. The van der Waals surface area contributed by atoms with Gasteiger partial charge in [-0.15, -0.1) is 11.3 Å². The minimum Gasteiger partial charge on any atom is -0.352 e. The maximum absolute atomic E-state index is 6.16. The van der Waals surface area contributed by atoms with Crippen molar-refractivity contribution in [3.05, 3.63) is 16.2 Å². The van der Waals surface area contributed by atoms with E-state index >= 15 is 0 Å². The van der Waals surface area contributed by atoms with Crippen molar-refractivity contribution in [1.29, 1.82) is 0 Å². The molecular weight excluding hydrogens is 304 g/mol. The van der Waals surface area contributed by atoms with Gasteiger partial charge in [0, 0.05) is 24.0 Å². The molecule has 0 saturated carbocycles. The van der Waals surface area contributed by atoms with E-state index in [1.54, 1.807) is 11.3 Å². The Balaban J connectivity index is 2.07. The van der Waals surface area contributed by atoms with E-state index in [1.807, 2.05) is 0 Å². The zero-order chi connectivity index (χ0) is 15.0. The molecule has 0 amide bonds. The molecule has 21 heavy (non-hydrogen) atoms. The Morgan fingerprint density at radius 1 is 1.38 bits per heavy atom. The van der Waals surface area contributed by atoms with Gasteiger partial charge in [-0.25, -0.2) is 4.98 Å². The van der Waals surface area contributed by atoms with Crippen LogP contribution in [-0.4, -0.2) is 47.6 Å². The number of likely N-dealkylation sites (N-methyl/N-ethyl adjacent to an activating group) is 1. The van der Waals surface area contributed by atoms with Crippen molar-refractivity contribution in [3.8, 4) is 0 Å². The highest BCUT2D eigenvalue weighted by molar-refractivity contribution is 7.18. The van der Waals surface area contributed by atoms with Crippen molar-refractivity contribution in [2.45, 2.75) is 32.7 Å². The van der Waals surface area contributed by atoms with E-state index in [0.717, 1.165) is 48.5 Å². The topological polar surface area (TPSA) is 32.3 Å². The summed E-state index contributed by atoms with van der Waals surface area (Å²) in [4.78, 5) is 16.1. The number of aromatic nitrogens is 2. The van der Waals surface area contributed by atoms with Gasteiger partial charge in [0.05, 0.1) is 5.39 Å². The zero-order valence-corrected chi connectivity index (χ0v) is 14.3. The Morgan fingerprint density at radius 3 is 2.95 bits per heavy atom. The number of anilines is 1. The molecule has 2 aromatic rings. The molecule has 3 rings (SSSR count). The first kappa shape index (κ1) is 15.0. The van der Waals surface area contributed by atoms with E-state index in [2.05, 4.69) is 46.7 Å². The van der Waals surface area contributed by atoms with E-state index in [1.165, 1.54) is 4.88 Å². The Kier molecular flexibility index (Phi) is 4.33. The van der Waals surface area contributed by atoms with Crippen LogP contribution in [0.1, 0.15) is 25.1 Å². The molecule has 0 aliphatic carbocycles. The van der Waals surface area contributed by atoms with Gasteiger partial charge in [0.15, 0.2) is 0 Å². The molecule has 0 bridgehead atoms. The predicted molar refractivity (Wildman–Crippen MR) is 90.7 cm³/mol. The van der Waals surface area contributed by atoms with Crippen LogP contribution in [0.15, 0.2) is 6.07 Å². The first-order chi connectivity index (χ1) is 10.1. The molecule has 0 spiro atoms. The average Bonchev–Trinajstić information content (AvgIpc) is 2.77. The van der Waals surface area contributed by atoms with Gasteiger partial charge in [-0.2, -0.15) is 4.98 Å². The highest BCUT2D eigenvalue weighted by Gasteiger charge is 2.24. The molecule has 6 heteroatoms. The minimum absolute atomic E-state index is 0.354. The number of halogens is 1. The zero-order valence-electron chi connectivity index (χ0n) is 12.8. The lowest BCUT2D eigenvalue weighted by Crippen LogP contribution is -2.38. The predicted octanol–water partition coefficient (Wildman–Crippen LogP) is 3.44. The number of hydrogen-bond donors (Lipinski definition) is 0. The summed E-state index contributed by atoms with van der Waals surface area (Å²) >= 11 is 7.88. The van der Waals surface area contributed by atoms with Gasteiger partial charge in [0.2, 0.25) is 5.28 Å². The number of rotatable bonds is 2. The maximum Gasteiger partial charge on any atom is 0.225 e. The number of fused-ring (bicyclic) bond motifs is 1. The van der Waals surface area contributed by atoms with Gasteiger partial charge >= 0.3 is 0 Å². The second kappa shape index (κ2) is 6.07. The number of nitrogens with zero attached hydrogens (tertiary/aromatic N) is 4. The van der Waals surface area contributed by atoms with Crippen LogP contribution in [0.2, 0.25) is 5.28 Å². The molecule has 4 nitrogen and oxygen atoms in total. The molecule has 0 radical (unpaired) electrons. The standard InChI is InChI=1S/C15H21ClN4S/c1-4-11-8-12-13(17-15(16)18-14(12)21-11)20-7-5-6-19(3)9-10(20)2/h8,10H,4-7,9H2,1-3H3. The van der Waals surface area contributed by atoms with Crippen molar-refractivity contribution in [2.75, 3.05) is 31.6 Å². The highest BCUT2D eigenvalue weighted by Crippen LogP contribution is 2.33. The summed E-state index contributed by atoms with van der Waals surface area (Å²) in [5.74, 6) is 1.00. The van der Waals surface area contributed by atoms with Crippen LogP contribution in [0.5, 0.6) is 0 Å². The van der Waals surface area contributed by atoms with Gasteiger partial charge in [-0.05, 0) is 51.0 Å². The number of hydrogen-bond acceptors (Lipinski definition) is 5. The maximum atomic E-state index is 6.16. The quantitative estimate of drug-likeness (QED) is 0.792. The molecule has 3 heterocycles. The third-order valence-electron chi connectivity index (χ3n) is 4.06. The first-order valence-electron chi connectivity index (χ1n) is 7.49. The molecule has 1 unspecified atom stereocenters. The molecule has 1 fully saturated rings. The molecule has 0 aromatic carbocycles. The van der Waals surface area contributed by atoms with Crippen LogP contribution in [0.25, 0.3) is 10.2 Å². The average molecular weight is 325 g/mol. The summed E-state index contributed by atoms with van der Waals surface area (Å²) < 4.78 is 0. The Bertz CT molecular complexity index is 642. The molecule has 1 saturated heterocycles. The highest BCUT2D eigenvalue weighted by atomic mass is 35.5. The summed E-state index contributed by atoms with van der Waals surface area (Å²) in [6.07, 6.45) is 2.17. The normalized spacial score (nSPS) is 21.0. The van der Waals surface area contributed by atoms with Gasteiger partial charge in [0.25, 0.3) is 0 Å². The summed E-state index contributed by atoms with van der Waals surface area (Å²) in [5, 5.41) is 1.50. The van der Waals surface area contributed by atoms with Crippen molar-refractivity contribution in [1.82, 2.24) is 14.9 Å². The van der Waals surface area contributed by atoms with Crippen molar-refractivity contribution < 1.29 is 0 Å². The lowest BCUT2D eigenvalue weighted by atomic mass is 10.2. The largest absolute Gasteiger partial charge is 0.352 e. The van der Waals surface area contributed by atoms with Gasteiger partial charge in [-0.3, -0.25) is 0 Å². The Hall–Kier alpha value is -0.910. The molecule has 0 N–H and O–H groups in total. The summed E-state index contributed by atoms with van der Waals surface area (Å²) in [7, 11) is 2.18. The first-order valence-corrected chi connectivity index (χ1v) is 8.69. The van der Waals surface area contributed by atoms with Crippen LogP contribution in [0.3, 0.4) is 0 Å². The second-order valence-corrected chi connectivity index (χ2v) is 7.21. The SMILES string of the molecule is CCc1cc2c(N3CCCN(C)CC3C)nc(Cl)nc2s1. The molecule has 1 aliphatic heterocycles. The lowest BCUT2D eigenvalue weighted by Gasteiger charge is -2.29. The summed E-state index contributed by atoms with van der Waals surface area (Å²) in [6.45, 7) is 7.63. The molecule has 1 atom stereocenters. The van der Waals surface area contributed by atoms with E-state index in [0.29, 0.717) is 11.3 Å².